The van der Waals surface area contributed by atoms with Gasteiger partial charge in [-0.2, -0.15) is 0 Å². The summed E-state index contributed by atoms with van der Waals surface area (Å²) >= 11 is 0. The zero-order chi connectivity index (χ0) is 28.1. The Bertz CT molecular complexity index is 1590. The van der Waals surface area contributed by atoms with Crippen molar-refractivity contribution in [1.82, 2.24) is 0 Å². The molecule has 3 aliphatic rings. The molecule has 0 N–H and O–H groups in total. The van der Waals surface area contributed by atoms with Gasteiger partial charge in [0.15, 0.2) is 5.78 Å². The Balaban J connectivity index is 1.40. The van der Waals surface area contributed by atoms with Crippen molar-refractivity contribution in [1.29, 1.82) is 0 Å². The first-order valence-corrected chi connectivity index (χ1v) is 12.8. The molecule has 9 nitrogen and oxygen atoms in total. The number of para-hydroxylation sites is 1. The SMILES string of the molecule is CC(=O)Oc1ccc(C(=O)C2C3C(=O)N(c4ccc(OC(C)=O)cc4)C(=O)C3C3C=Cc4ccccc4N32)cc1. The van der Waals surface area contributed by atoms with Gasteiger partial charge in [-0.1, -0.05) is 30.4 Å². The van der Waals surface area contributed by atoms with Crippen LogP contribution in [0.5, 0.6) is 11.5 Å². The van der Waals surface area contributed by atoms with Gasteiger partial charge in [0, 0.05) is 25.1 Å². The number of ether oxygens (including phenoxy) is 2. The lowest BCUT2D eigenvalue weighted by atomic mass is 9.86. The molecule has 0 spiro atoms. The number of carbonyl (C=O) groups is 5. The van der Waals surface area contributed by atoms with Gasteiger partial charge >= 0.3 is 11.9 Å². The fourth-order valence-corrected chi connectivity index (χ4v) is 5.92. The highest BCUT2D eigenvalue weighted by atomic mass is 16.5. The zero-order valence-corrected chi connectivity index (χ0v) is 21.6. The fraction of sp³-hybridized carbons (Fsp3) is 0.194. The number of esters is 2. The van der Waals surface area contributed by atoms with Crippen molar-refractivity contribution in [3.8, 4) is 11.5 Å². The van der Waals surface area contributed by atoms with Crippen molar-refractivity contribution >= 4 is 47.0 Å². The van der Waals surface area contributed by atoms with Gasteiger partial charge < -0.3 is 14.4 Å². The molecular formula is C31H24N2O7. The predicted molar refractivity (Wildman–Crippen MR) is 145 cm³/mol. The molecule has 0 aromatic heterocycles. The van der Waals surface area contributed by atoms with Crippen LogP contribution in [0, 0.1) is 11.8 Å². The van der Waals surface area contributed by atoms with Crippen molar-refractivity contribution in [2.75, 3.05) is 9.80 Å². The minimum Gasteiger partial charge on any atom is -0.427 e. The fourth-order valence-electron chi connectivity index (χ4n) is 5.92. The minimum absolute atomic E-state index is 0.291. The molecular weight excluding hydrogens is 512 g/mol. The molecule has 2 fully saturated rings. The largest absolute Gasteiger partial charge is 0.427 e. The van der Waals surface area contributed by atoms with Crippen LogP contribution in [0.2, 0.25) is 0 Å². The number of ketones is 1. The van der Waals surface area contributed by atoms with Gasteiger partial charge in [0.2, 0.25) is 11.8 Å². The number of hydrogen-bond donors (Lipinski definition) is 0. The van der Waals surface area contributed by atoms with E-state index in [1.165, 1.54) is 38.1 Å². The Kier molecular flexibility index (Phi) is 6.06. The van der Waals surface area contributed by atoms with E-state index in [0.29, 0.717) is 22.7 Å². The highest BCUT2D eigenvalue weighted by Crippen LogP contribution is 2.49. The number of benzene rings is 3. The highest BCUT2D eigenvalue weighted by Gasteiger charge is 2.64. The monoisotopic (exact) mass is 536 g/mol. The first-order chi connectivity index (χ1) is 19.2. The standard InChI is InChI=1S/C31H24N2O7/c1-17(34)39-22-12-7-20(8-13-22)29(36)28-27-26(25-16-9-19-5-3-4-6-24(19)33(25)28)30(37)32(31(27)38)21-10-14-23(15-11-21)40-18(2)35/h3-16,25-28H,1-2H3. The molecule has 0 aliphatic carbocycles. The first-order valence-electron chi connectivity index (χ1n) is 12.8. The van der Waals surface area contributed by atoms with Gasteiger partial charge in [-0.05, 0) is 60.2 Å². The number of carbonyl (C=O) groups excluding carboxylic acids is 5. The molecule has 4 atom stereocenters. The van der Waals surface area contributed by atoms with Crippen LogP contribution < -0.4 is 19.3 Å². The number of hydrogen-bond acceptors (Lipinski definition) is 8. The van der Waals surface area contributed by atoms with Crippen LogP contribution in [-0.4, -0.2) is 41.6 Å². The van der Waals surface area contributed by atoms with Gasteiger partial charge in [-0.15, -0.1) is 0 Å². The third kappa shape index (κ3) is 4.07. The topological polar surface area (TPSA) is 110 Å². The number of Topliss-reactive ketones (excluding diaryl/α,β-unsaturated/α-hetero) is 1. The second-order valence-electron chi connectivity index (χ2n) is 9.89. The number of nitrogens with zero attached hydrogens (tertiary/aromatic N) is 2. The van der Waals surface area contributed by atoms with Gasteiger partial charge in [-0.3, -0.25) is 24.0 Å². The molecule has 200 valence electrons. The van der Waals surface area contributed by atoms with Crippen LogP contribution >= 0.6 is 0 Å². The van der Waals surface area contributed by atoms with Crippen LogP contribution in [0.1, 0.15) is 29.8 Å². The molecule has 3 aromatic carbocycles. The Morgan fingerprint density at radius 2 is 1.30 bits per heavy atom. The molecule has 3 aliphatic heterocycles. The zero-order valence-electron chi connectivity index (χ0n) is 21.6. The normalized spacial score (nSPS) is 22.4. The van der Waals surface area contributed by atoms with Crippen molar-refractivity contribution in [2.45, 2.75) is 25.9 Å². The molecule has 2 saturated heterocycles. The van der Waals surface area contributed by atoms with Crippen LogP contribution in [0.3, 0.4) is 0 Å². The number of rotatable bonds is 5. The molecule has 9 heteroatoms. The Hall–Kier alpha value is -5.05. The highest BCUT2D eigenvalue weighted by molar-refractivity contribution is 6.25. The summed E-state index contributed by atoms with van der Waals surface area (Å²) in [6.07, 6.45) is 3.80. The Morgan fingerprint density at radius 1 is 0.725 bits per heavy atom. The summed E-state index contributed by atoms with van der Waals surface area (Å²) in [4.78, 5) is 67.6. The molecule has 2 amide bonds. The average Bonchev–Trinajstić information content (AvgIpc) is 3.41. The van der Waals surface area contributed by atoms with E-state index in [-0.39, 0.29) is 5.78 Å². The average molecular weight is 537 g/mol. The quantitative estimate of drug-likeness (QED) is 0.210. The second-order valence-corrected chi connectivity index (χ2v) is 9.89. The second kappa shape index (κ2) is 9.60. The van der Waals surface area contributed by atoms with Crippen LogP contribution in [0.4, 0.5) is 11.4 Å². The maximum atomic E-state index is 14.1. The van der Waals surface area contributed by atoms with E-state index in [1.807, 2.05) is 41.3 Å². The molecule has 3 aromatic rings. The van der Waals surface area contributed by atoms with Gasteiger partial charge in [0.1, 0.15) is 17.5 Å². The summed E-state index contributed by atoms with van der Waals surface area (Å²) in [6.45, 7) is 2.57. The first kappa shape index (κ1) is 25.2. The lowest BCUT2D eigenvalue weighted by Gasteiger charge is -2.36. The van der Waals surface area contributed by atoms with Gasteiger partial charge in [-0.25, -0.2) is 4.90 Å². The lowest BCUT2D eigenvalue weighted by molar-refractivity contribution is -0.132. The van der Waals surface area contributed by atoms with E-state index >= 15 is 0 Å². The van der Waals surface area contributed by atoms with Gasteiger partial charge in [0.05, 0.1) is 23.6 Å². The summed E-state index contributed by atoms with van der Waals surface area (Å²) in [5.74, 6) is -3.26. The number of amides is 2. The summed E-state index contributed by atoms with van der Waals surface area (Å²) in [5, 5.41) is 0. The molecule has 0 radical (unpaired) electrons. The van der Waals surface area contributed by atoms with E-state index in [0.717, 1.165) is 16.2 Å². The van der Waals surface area contributed by atoms with Crippen LogP contribution in [0.25, 0.3) is 6.08 Å². The van der Waals surface area contributed by atoms with E-state index < -0.39 is 47.7 Å². The molecule has 3 heterocycles. The van der Waals surface area contributed by atoms with E-state index in [4.69, 9.17) is 9.47 Å². The lowest BCUT2D eigenvalue weighted by Crippen LogP contribution is -2.48. The van der Waals surface area contributed by atoms with E-state index in [1.54, 1.807) is 24.3 Å². The third-order valence-electron chi connectivity index (χ3n) is 7.44. The van der Waals surface area contributed by atoms with Crippen LogP contribution in [-0.2, 0) is 19.2 Å². The summed E-state index contributed by atoms with van der Waals surface area (Å²) in [6, 6.07) is 18.4. The molecule has 4 unspecified atom stereocenters. The Morgan fingerprint density at radius 3 is 1.93 bits per heavy atom. The molecule has 40 heavy (non-hydrogen) atoms. The molecule has 0 bridgehead atoms. The Labute approximate surface area is 229 Å². The number of imide groups is 1. The maximum Gasteiger partial charge on any atom is 0.308 e. The van der Waals surface area contributed by atoms with E-state index in [2.05, 4.69) is 0 Å². The van der Waals surface area contributed by atoms with Crippen molar-refractivity contribution in [2.24, 2.45) is 11.8 Å². The summed E-state index contributed by atoms with van der Waals surface area (Å²) < 4.78 is 10.2. The van der Waals surface area contributed by atoms with Crippen LogP contribution in [0.15, 0.2) is 78.9 Å². The van der Waals surface area contributed by atoms with Crippen molar-refractivity contribution < 1.29 is 33.4 Å². The molecule has 6 rings (SSSR count). The minimum atomic E-state index is -0.942. The molecule has 0 saturated carbocycles. The van der Waals surface area contributed by atoms with E-state index in [9.17, 15) is 24.0 Å². The number of anilines is 2. The summed E-state index contributed by atoms with van der Waals surface area (Å²) in [7, 11) is 0. The summed E-state index contributed by atoms with van der Waals surface area (Å²) in [5.41, 5.74) is 2.33. The van der Waals surface area contributed by atoms with Crippen molar-refractivity contribution in [3.05, 3.63) is 90.0 Å². The maximum absolute atomic E-state index is 14.1. The number of fused-ring (bicyclic) bond motifs is 5. The predicted octanol–water partition coefficient (Wildman–Crippen LogP) is 3.81. The smallest absolute Gasteiger partial charge is 0.308 e. The third-order valence-corrected chi connectivity index (χ3v) is 7.44. The van der Waals surface area contributed by atoms with Gasteiger partial charge in [0.25, 0.3) is 0 Å². The van der Waals surface area contributed by atoms with Crippen molar-refractivity contribution in [3.63, 3.8) is 0 Å².